The van der Waals surface area contributed by atoms with E-state index >= 15 is 0 Å². The standard InChI is InChI=1S/C13H16N4O/c1-2-18-13-9-15-8-12(17-13)16-7-10-4-3-5-11(14)6-10/h3-6,8-9H,2,7,14H2,1H3,(H,16,17). The first-order chi connectivity index (χ1) is 8.78. The molecular weight excluding hydrogens is 228 g/mol. The average molecular weight is 244 g/mol. The minimum atomic E-state index is 0.523. The van der Waals surface area contributed by atoms with Gasteiger partial charge < -0.3 is 15.8 Å². The van der Waals surface area contributed by atoms with Crippen molar-refractivity contribution in [1.29, 1.82) is 0 Å². The molecule has 0 bridgehead atoms. The van der Waals surface area contributed by atoms with Crippen LogP contribution in [-0.4, -0.2) is 16.6 Å². The van der Waals surface area contributed by atoms with E-state index in [4.69, 9.17) is 10.5 Å². The van der Waals surface area contributed by atoms with Crippen molar-refractivity contribution in [2.45, 2.75) is 13.5 Å². The smallest absolute Gasteiger partial charge is 0.234 e. The first-order valence-corrected chi connectivity index (χ1v) is 5.81. The van der Waals surface area contributed by atoms with Crippen LogP contribution in [0.1, 0.15) is 12.5 Å². The van der Waals surface area contributed by atoms with E-state index in [2.05, 4.69) is 15.3 Å². The van der Waals surface area contributed by atoms with Gasteiger partial charge in [0.25, 0.3) is 0 Å². The van der Waals surface area contributed by atoms with Gasteiger partial charge in [-0.15, -0.1) is 0 Å². The van der Waals surface area contributed by atoms with E-state index in [1.165, 1.54) is 0 Å². The fourth-order valence-electron chi connectivity index (χ4n) is 1.55. The fraction of sp³-hybridized carbons (Fsp3) is 0.231. The van der Waals surface area contributed by atoms with E-state index in [0.717, 1.165) is 11.3 Å². The second-order valence-electron chi connectivity index (χ2n) is 3.77. The Morgan fingerprint density at radius 2 is 2.22 bits per heavy atom. The van der Waals surface area contributed by atoms with Gasteiger partial charge in [-0.2, -0.15) is 4.98 Å². The number of nitrogens with zero attached hydrogens (tertiary/aromatic N) is 2. The molecule has 5 nitrogen and oxygen atoms in total. The average Bonchev–Trinajstić information content (AvgIpc) is 2.37. The highest BCUT2D eigenvalue weighted by Crippen LogP contribution is 2.11. The number of nitrogen functional groups attached to an aromatic ring is 1. The van der Waals surface area contributed by atoms with Crippen molar-refractivity contribution < 1.29 is 4.74 Å². The summed E-state index contributed by atoms with van der Waals surface area (Å²) in [5, 5.41) is 3.18. The first-order valence-electron chi connectivity index (χ1n) is 5.81. The molecule has 1 aromatic heterocycles. The Bertz CT molecular complexity index is 516. The molecule has 0 amide bonds. The molecule has 5 heteroatoms. The van der Waals surface area contributed by atoms with Crippen LogP contribution >= 0.6 is 0 Å². The Balaban J connectivity index is 1.99. The van der Waals surface area contributed by atoms with Gasteiger partial charge in [0, 0.05) is 12.2 Å². The summed E-state index contributed by atoms with van der Waals surface area (Å²) in [4.78, 5) is 8.33. The van der Waals surface area contributed by atoms with Crippen molar-refractivity contribution in [2.75, 3.05) is 17.7 Å². The maximum atomic E-state index is 5.72. The lowest BCUT2D eigenvalue weighted by molar-refractivity contribution is 0.325. The Kier molecular flexibility index (Phi) is 3.96. The first kappa shape index (κ1) is 12.2. The van der Waals surface area contributed by atoms with E-state index in [0.29, 0.717) is 24.8 Å². The molecule has 0 aliphatic carbocycles. The lowest BCUT2D eigenvalue weighted by Gasteiger charge is -2.07. The normalized spacial score (nSPS) is 10.1. The number of hydrogen-bond acceptors (Lipinski definition) is 5. The maximum Gasteiger partial charge on any atom is 0.234 e. The van der Waals surface area contributed by atoms with Crippen LogP contribution in [0.4, 0.5) is 11.5 Å². The summed E-state index contributed by atoms with van der Waals surface area (Å²) in [6.07, 6.45) is 3.25. The molecule has 0 fully saturated rings. The zero-order valence-electron chi connectivity index (χ0n) is 10.3. The molecule has 0 saturated carbocycles. The summed E-state index contributed by atoms with van der Waals surface area (Å²) in [6.45, 7) is 3.14. The number of aromatic nitrogens is 2. The van der Waals surface area contributed by atoms with E-state index in [9.17, 15) is 0 Å². The van der Waals surface area contributed by atoms with Crippen LogP contribution in [0.3, 0.4) is 0 Å². The molecule has 2 aromatic rings. The third-order valence-electron chi connectivity index (χ3n) is 2.33. The number of benzene rings is 1. The zero-order valence-corrected chi connectivity index (χ0v) is 10.3. The minimum Gasteiger partial charge on any atom is -0.477 e. The van der Waals surface area contributed by atoms with Crippen LogP contribution in [0.2, 0.25) is 0 Å². The minimum absolute atomic E-state index is 0.523. The molecule has 3 N–H and O–H groups in total. The van der Waals surface area contributed by atoms with Gasteiger partial charge in [-0.25, -0.2) is 0 Å². The molecule has 18 heavy (non-hydrogen) atoms. The highest BCUT2D eigenvalue weighted by atomic mass is 16.5. The molecule has 0 radical (unpaired) electrons. The van der Waals surface area contributed by atoms with E-state index < -0.39 is 0 Å². The largest absolute Gasteiger partial charge is 0.477 e. The van der Waals surface area contributed by atoms with E-state index in [-0.39, 0.29) is 0 Å². The summed E-state index contributed by atoms with van der Waals surface area (Å²) in [5.41, 5.74) is 7.56. The lowest BCUT2D eigenvalue weighted by atomic mass is 10.2. The van der Waals surface area contributed by atoms with Crippen molar-refractivity contribution in [3.8, 4) is 5.88 Å². The van der Waals surface area contributed by atoms with Crippen molar-refractivity contribution >= 4 is 11.5 Å². The Labute approximate surface area is 106 Å². The quantitative estimate of drug-likeness (QED) is 0.788. The van der Waals surface area contributed by atoms with Crippen LogP contribution in [0, 0.1) is 0 Å². The molecule has 2 rings (SSSR count). The summed E-state index contributed by atoms with van der Waals surface area (Å²) in [7, 11) is 0. The van der Waals surface area contributed by atoms with Gasteiger partial charge in [-0.3, -0.25) is 4.98 Å². The fourth-order valence-corrected chi connectivity index (χ4v) is 1.55. The monoisotopic (exact) mass is 244 g/mol. The number of anilines is 2. The SMILES string of the molecule is CCOc1cncc(NCc2cccc(N)c2)n1. The van der Waals surface area contributed by atoms with Gasteiger partial charge in [0.05, 0.1) is 19.0 Å². The summed E-state index contributed by atoms with van der Waals surface area (Å²) >= 11 is 0. The van der Waals surface area contributed by atoms with Gasteiger partial charge in [-0.1, -0.05) is 12.1 Å². The third kappa shape index (κ3) is 3.35. The number of nitrogens with two attached hydrogens (primary N) is 1. The van der Waals surface area contributed by atoms with Crippen LogP contribution < -0.4 is 15.8 Å². The molecule has 0 spiro atoms. The third-order valence-corrected chi connectivity index (χ3v) is 2.33. The topological polar surface area (TPSA) is 73.1 Å². The molecule has 1 heterocycles. The van der Waals surface area contributed by atoms with Crippen LogP contribution in [0.5, 0.6) is 5.88 Å². The van der Waals surface area contributed by atoms with Crippen LogP contribution in [0.25, 0.3) is 0 Å². The van der Waals surface area contributed by atoms with Gasteiger partial charge in [0.15, 0.2) is 0 Å². The number of hydrogen-bond donors (Lipinski definition) is 2. The lowest BCUT2D eigenvalue weighted by Crippen LogP contribution is -2.04. The Hall–Kier alpha value is -2.30. The summed E-state index contributed by atoms with van der Waals surface area (Å²) in [6, 6.07) is 7.71. The number of nitrogens with one attached hydrogen (secondary N) is 1. The summed E-state index contributed by atoms with van der Waals surface area (Å²) in [5.74, 6) is 1.21. The molecule has 0 atom stereocenters. The molecule has 0 aliphatic rings. The molecule has 1 aromatic carbocycles. The molecule has 0 unspecified atom stereocenters. The molecular formula is C13H16N4O. The number of ether oxygens (including phenoxy) is 1. The summed E-state index contributed by atoms with van der Waals surface area (Å²) < 4.78 is 5.28. The van der Waals surface area contributed by atoms with Crippen molar-refractivity contribution in [3.63, 3.8) is 0 Å². The second kappa shape index (κ2) is 5.86. The van der Waals surface area contributed by atoms with Gasteiger partial charge >= 0.3 is 0 Å². The maximum absolute atomic E-state index is 5.72. The van der Waals surface area contributed by atoms with Gasteiger partial charge in [0.1, 0.15) is 5.82 Å². The highest BCUT2D eigenvalue weighted by molar-refractivity contribution is 5.42. The van der Waals surface area contributed by atoms with E-state index in [1.54, 1.807) is 12.4 Å². The predicted molar refractivity (Wildman–Crippen MR) is 71.4 cm³/mol. The molecule has 0 saturated heterocycles. The second-order valence-corrected chi connectivity index (χ2v) is 3.77. The number of rotatable bonds is 5. The Morgan fingerprint density at radius 3 is 3.00 bits per heavy atom. The van der Waals surface area contributed by atoms with Gasteiger partial charge in [0.2, 0.25) is 5.88 Å². The highest BCUT2D eigenvalue weighted by Gasteiger charge is 1.99. The van der Waals surface area contributed by atoms with Crippen molar-refractivity contribution in [3.05, 3.63) is 42.2 Å². The van der Waals surface area contributed by atoms with Crippen LogP contribution in [0.15, 0.2) is 36.7 Å². The van der Waals surface area contributed by atoms with E-state index in [1.807, 2.05) is 31.2 Å². The van der Waals surface area contributed by atoms with Crippen molar-refractivity contribution in [2.24, 2.45) is 0 Å². The van der Waals surface area contributed by atoms with Crippen molar-refractivity contribution in [1.82, 2.24) is 9.97 Å². The van der Waals surface area contributed by atoms with Crippen LogP contribution in [-0.2, 0) is 6.54 Å². The molecule has 94 valence electrons. The zero-order chi connectivity index (χ0) is 12.8. The van der Waals surface area contributed by atoms with Gasteiger partial charge in [-0.05, 0) is 24.6 Å². The Morgan fingerprint density at radius 1 is 1.33 bits per heavy atom. The predicted octanol–water partition coefficient (Wildman–Crippen LogP) is 2.07. The molecule has 0 aliphatic heterocycles.